The third-order valence-corrected chi connectivity index (χ3v) is 2.41. The SMILES string of the molecule is C=CCNC(=O)CN1CCN(C)CC1. The summed E-state index contributed by atoms with van der Waals surface area (Å²) in [6.07, 6.45) is 1.70. The molecule has 0 atom stereocenters. The van der Waals surface area contributed by atoms with Gasteiger partial charge in [0.2, 0.25) is 5.91 Å². The minimum absolute atomic E-state index is 0.0921. The molecule has 1 amide bonds. The second-order valence-electron chi connectivity index (χ2n) is 3.67. The number of carbonyl (C=O) groups is 1. The van der Waals surface area contributed by atoms with Crippen LogP contribution in [0.25, 0.3) is 0 Å². The van der Waals surface area contributed by atoms with Crippen LogP contribution in [-0.4, -0.2) is 62.0 Å². The lowest BCUT2D eigenvalue weighted by atomic mass is 10.3. The van der Waals surface area contributed by atoms with Gasteiger partial charge in [-0.2, -0.15) is 0 Å². The van der Waals surface area contributed by atoms with Gasteiger partial charge < -0.3 is 10.2 Å². The van der Waals surface area contributed by atoms with E-state index >= 15 is 0 Å². The van der Waals surface area contributed by atoms with Crippen molar-refractivity contribution in [3.63, 3.8) is 0 Å². The summed E-state index contributed by atoms with van der Waals surface area (Å²) >= 11 is 0. The molecule has 0 unspecified atom stereocenters. The van der Waals surface area contributed by atoms with E-state index in [1.807, 2.05) is 0 Å². The molecule has 0 aromatic carbocycles. The molecule has 14 heavy (non-hydrogen) atoms. The number of hydrogen-bond acceptors (Lipinski definition) is 3. The molecule has 4 nitrogen and oxygen atoms in total. The zero-order chi connectivity index (χ0) is 10.4. The van der Waals surface area contributed by atoms with Gasteiger partial charge in [0.1, 0.15) is 0 Å². The molecule has 1 N–H and O–H groups in total. The van der Waals surface area contributed by atoms with Gasteiger partial charge >= 0.3 is 0 Å². The highest BCUT2D eigenvalue weighted by molar-refractivity contribution is 5.78. The van der Waals surface area contributed by atoms with Crippen molar-refractivity contribution >= 4 is 5.91 Å². The third kappa shape index (κ3) is 3.89. The van der Waals surface area contributed by atoms with Crippen LogP contribution in [0.4, 0.5) is 0 Å². The molecule has 1 saturated heterocycles. The molecule has 0 bridgehead atoms. The maximum atomic E-state index is 11.3. The molecule has 0 aromatic heterocycles. The van der Waals surface area contributed by atoms with E-state index in [2.05, 4.69) is 28.7 Å². The van der Waals surface area contributed by atoms with Crippen molar-refractivity contribution in [2.45, 2.75) is 0 Å². The molecular weight excluding hydrogens is 178 g/mol. The highest BCUT2D eigenvalue weighted by Crippen LogP contribution is 1.97. The first-order valence-corrected chi connectivity index (χ1v) is 5.01. The Morgan fingerprint density at radius 1 is 1.43 bits per heavy atom. The fraction of sp³-hybridized carbons (Fsp3) is 0.700. The first-order valence-electron chi connectivity index (χ1n) is 5.01. The number of nitrogens with one attached hydrogen (secondary N) is 1. The third-order valence-electron chi connectivity index (χ3n) is 2.41. The minimum atomic E-state index is 0.0921. The standard InChI is InChI=1S/C10H19N3O/c1-3-4-11-10(14)9-13-7-5-12(2)6-8-13/h3H,1,4-9H2,2H3,(H,11,14). The lowest BCUT2D eigenvalue weighted by molar-refractivity contribution is -0.122. The zero-order valence-electron chi connectivity index (χ0n) is 8.83. The molecule has 4 heteroatoms. The van der Waals surface area contributed by atoms with Gasteiger partial charge in [-0.1, -0.05) is 6.08 Å². The summed E-state index contributed by atoms with van der Waals surface area (Å²) in [6, 6.07) is 0. The fourth-order valence-electron chi connectivity index (χ4n) is 1.45. The molecule has 0 saturated carbocycles. The van der Waals surface area contributed by atoms with E-state index in [1.165, 1.54) is 0 Å². The van der Waals surface area contributed by atoms with Crippen LogP contribution in [0.1, 0.15) is 0 Å². The van der Waals surface area contributed by atoms with Crippen LogP contribution < -0.4 is 5.32 Å². The fourth-order valence-corrected chi connectivity index (χ4v) is 1.45. The van der Waals surface area contributed by atoms with Crippen LogP contribution in [0.15, 0.2) is 12.7 Å². The van der Waals surface area contributed by atoms with E-state index in [-0.39, 0.29) is 5.91 Å². The molecule has 1 aliphatic heterocycles. The summed E-state index contributed by atoms with van der Waals surface area (Å²) in [5.41, 5.74) is 0. The van der Waals surface area contributed by atoms with Gasteiger partial charge in [-0.3, -0.25) is 9.69 Å². The maximum Gasteiger partial charge on any atom is 0.234 e. The van der Waals surface area contributed by atoms with Crippen LogP contribution in [0, 0.1) is 0 Å². The summed E-state index contributed by atoms with van der Waals surface area (Å²) in [5, 5.41) is 2.78. The lowest BCUT2D eigenvalue weighted by Gasteiger charge is -2.31. The number of hydrogen-bond donors (Lipinski definition) is 1. The number of carbonyl (C=O) groups excluding carboxylic acids is 1. The number of rotatable bonds is 4. The topological polar surface area (TPSA) is 35.6 Å². The van der Waals surface area contributed by atoms with Gasteiger partial charge in [-0.05, 0) is 7.05 Å². The number of nitrogens with zero attached hydrogens (tertiary/aromatic N) is 2. The van der Waals surface area contributed by atoms with Gasteiger partial charge in [-0.25, -0.2) is 0 Å². The van der Waals surface area contributed by atoms with Crippen molar-refractivity contribution in [3.8, 4) is 0 Å². The van der Waals surface area contributed by atoms with Crippen LogP contribution in [0.3, 0.4) is 0 Å². The Hall–Kier alpha value is -0.870. The monoisotopic (exact) mass is 197 g/mol. The smallest absolute Gasteiger partial charge is 0.234 e. The van der Waals surface area contributed by atoms with Crippen molar-refractivity contribution in [1.82, 2.24) is 15.1 Å². The normalized spacial score (nSPS) is 19.2. The predicted molar refractivity (Wildman–Crippen MR) is 57.1 cm³/mol. The summed E-state index contributed by atoms with van der Waals surface area (Å²) in [4.78, 5) is 15.8. The Morgan fingerprint density at radius 3 is 2.64 bits per heavy atom. The molecule has 1 rings (SSSR count). The lowest BCUT2D eigenvalue weighted by Crippen LogP contribution is -2.48. The van der Waals surface area contributed by atoms with Crippen molar-refractivity contribution in [2.24, 2.45) is 0 Å². The number of likely N-dealkylation sites (N-methyl/N-ethyl adjacent to an activating group) is 1. The van der Waals surface area contributed by atoms with Crippen molar-refractivity contribution in [1.29, 1.82) is 0 Å². The number of piperazine rings is 1. The second-order valence-corrected chi connectivity index (χ2v) is 3.67. The summed E-state index contributed by atoms with van der Waals surface area (Å²) < 4.78 is 0. The van der Waals surface area contributed by atoms with Crippen LogP contribution >= 0.6 is 0 Å². The molecule has 0 aromatic rings. The largest absolute Gasteiger partial charge is 0.352 e. The Balaban J connectivity index is 2.17. The van der Waals surface area contributed by atoms with E-state index in [4.69, 9.17) is 0 Å². The van der Waals surface area contributed by atoms with Gasteiger partial charge in [0, 0.05) is 32.7 Å². The first-order chi connectivity index (χ1) is 6.72. The quantitative estimate of drug-likeness (QED) is 0.619. The van der Waals surface area contributed by atoms with E-state index in [9.17, 15) is 4.79 Å². The Morgan fingerprint density at radius 2 is 2.07 bits per heavy atom. The molecular formula is C10H19N3O. The van der Waals surface area contributed by atoms with Crippen LogP contribution in [0.5, 0.6) is 0 Å². The molecule has 1 heterocycles. The van der Waals surface area contributed by atoms with Crippen molar-refractivity contribution in [3.05, 3.63) is 12.7 Å². The summed E-state index contributed by atoms with van der Waals surface area (Å²) in [7, 11) is 2.11. The molecule has 1 aliphatic rings. The highest BCUT2D eigenvalue weighted by atomic mass is 16.2. The molecule has 1 fully saturated rings. The van der Waals surface area contributed by atoms with E-state index in [0.29, 0.717) is 13.1 Å². The van der Waals surface area contributed by atoms with E-state index in [0.717, 1.165) is 26.2 Å². The van der Waals surface area contributed by atoms with Crippen molar-refractivity contribution < 1.29 is 4.79 Å². The van der Waals surface area contributed by atoms with Gasteiger partial charge in [0.25, 0.3) is 0 Å². The number of amides is 1. The minimum Gasteiger partial charge on any atom is -0.352 e. The second kappa shape index (κ2) is 5.78. The van der Waals surface area contributed by atoms with Gasteiger partial charge in [0.15, 0.2) is 0 Å². The first kappa shape index (κ1) is 11.2. The molecule has 0 aliphatic carbocycles. The molecule has 0 radical (unpaired) electrons. The maximum absolute atomic E-state index is 11.3. The van der Waals surface area contributed by atoms with Crippen LogP contribution in [-0.2, 0) is 4.79 Å². The molecule has 0 spiro atoms. The Bertz CT molecular complexity index is 198. The average Bonchev–Trinajstić information content (AvgIpc) is 2.18. The zero-order valence-corrected chi connectivity index (χ0v) is 8.83. The predicted octanol–water partition coefficient (Wildman–Crippen LogP) is -0.464. The molecule has 80 valence electrons. The average molecular weight is 197 g/mol. The van der Waals surface area contributed by atoms with E-state index < -0.39 is 0 Å². The van der Waals surface area contributed by atoms with Crippen LogP contribution in [0.2, 0.25) is 0 Å². The Labute approximate surface area is 85.6 Å². The van der Waals surface area contributed by atoms with Gasteiger partial charge in [0.05, 0.1) is 6.54 Å². The highest BCUT2D eigenvalue weighted by Gasteiger charge is 2.15. The van der Waals surface area contributed by atoms with Crippen molar-refractivity contribution in [2.75, 3.05) is 46.3 Å². The Kier molecular flexibility index (Phi) is 4.62. The van der Waals surface area contributed by atoms with E-state index in [1.54, 1.807) is 6.08 Å². The summed E-state index contributed by atoms with van der Waals surface area (Å²) in [6.45, 7) is 8.70. The van der Waals surface area contributed by atoms with Gasteiger partial charge in [-0.15, -0.1) is 6.58 Å². The summed E-state index contributed by atoms with van der Waals surface area (Å²) in [5.74, 6) is 0.0921.